The molecule has 1 unspecified atom stereocenters. The van der Waals surface area contributed by atoms with Crippen LogP contribution in [0.15, 0.2) is 170 Å². The van der Waals surface area contributed by atoms with Crippen LogP contribution in [-0.4, -0.2) is 37.2 Å². The van der Waals surface area contributed by atoms with Crippen LogP contribution in [0, 0.1) is 0 Å². The molecule has 0 radical (unpaired) electrons. The Bertz CT molecular complexity index is 1790. The van der Waals surface area contributed by atoms with Gasteiger partial charge in [0.25, 0.3) is 0 Å². The third-order valence-electron chi connectivity index (χ3n) is 12.2. The van der Waals surface area contributed by atoms with Crippen LogP contribution in [0.1, 0.15) is 239 Å². The maximum Gasteiger partial charge on any atom is 0.306 e. The van der Waals surface area contributed by atoms with Crippen LogP contribution in [0.5, 0.6) is 0 Å². The molecule has 0 aliphatic rings. The fourth-order valence-corrected chi connectivity index (χ4v) is 7.69. The van der Waals surface area contributed by atoms with Gasteiger partial charge >= 0.3 is 17.9 Å². The van der Waals surface area contributed by atoms with Gasteiger partial charge < -0.3 is 14.2 Å². The fraction of sp³-hybridized carbons (Fsp3) is 0.563. The molecule has 6 heteroatoms. The highest BCUT2D eigenvalue weighted by Crippen LogP contribution is 2.13. The number of unbranched alkanes of at least 4 members (excludes halogenated alkanes) is 14. The van der Waals surface area contributed by atoms with Crippen LogP contribution in [0.4, 0.5) is 0 Å². The molecule has 0 heterocycles. The van der Waals surface area contributed by atoms with E-state index in [-0.39, 0.29) is 37.5 Å². The minimum absolute atomic E-state index is 0.108. The molecule has 0 aromatic rings. The zero-order valence-electron chi connectivity index (χ0n) is 49.1. The van der Waals surface area contributed by atoms with Crippen LogP contribution < -0.4 is 0 Å². The summed E-state index contributed by atoms with van der Waals surface area (Å²) in [7, 11) is 0. The molecule has 6 nitrogen and oxygen atoms in total. The first-order valence-corrected chi connectivity index (χ1v) is 30.6. The summed E-state index contributed by atoms with van der Waals surface area (Å²) in [5.41, 5.74) is 0. The Hall–Kier alpha value is -5.23. The predicted octanol–water partition coefficient (Wildman–Crippen LogP) is 21.1. The number of ether oxygens (including phenoxy) is 3. The van der Waals surface area contributed by atoms with Crippen LogP contribution in [0.2, 0.25) is 0 Å². The Morgan fingerprint density at radius 1 is 0.273 bits per heavy atom. The van der Waals surface area contributed by atoms with Crippen molar-refractivity contribution in [3.63, 3.8) is 0 Å². The lowest BCUT2D eigenvalue weighted by Gasteiger charge is -2.18. The second-order valence-electron chi connectivity index (χ2n) is 19.5. The average Bonchev–Trinajstić information content (AvgIpc) is 3.43. The number of esters is 3. The topological polar surface area (TPSA) is 78.9 Å². The first-order valence-electron chi connectivity index (χ1n) is 30.6. The third kappa shape index (κ3) is 61.5. The summed E-state index contributed by atoms with van der Waals surface area (Å²) in [6.07, 6.45) is 93.7. The van der Waals surface area contributed by atoms with Gasteiger partial charge in [0.15, 0.2) is 6.10 Å². The van der Waals surface area contributed by atoms with E-state index in [1.807, 2.05) is 0 Å². The highest BCUT2D eigenvalue weighted by atomic mass is 16.6. The van der Waals surface area contributed by atoms with Gasteiger partial charge in [0.05, 0.1) is 0 Å². The van der Waals surface area contributed by atoms with Gasteiger partial charge in [-0.3, -0.25) is 14.4 Å². The van der Waals surface area contributed by atoms with E-state index in [4.69, 9.17) is 14.2 Å². The SMILES string of the molecule is CC/C=C\C/C=C\C/C=C\C/C=C\C/C=C\C/C=C\C/C=C\C/C=C\C/C=C\C/C=C\CCCCCCC(=O)OCC(COC(=O)CCCCCCCCCCC)OC(=O)CCCC/C=C\C/C=C\C/C=C\C/C=C\CC. The molecule has 0 bridgehead atoms. The second-order valence-corrected chi connectivity index (χ2v) is 19.5. The highest BCUT2D eigenvalue weighted by molar-refractivity contribution is 5.71. The maximum absolute atomic E-state index is 12.8. The number of hydrogen-bond donors (Lipinski definition) is 0. The zero-order chi connectivity index (χ0) is 55.7. The summed E-state index contributed by atoms with van der Waals surface area (Å²) in [5.74, 6) is -0.989. The summed E-state index contributed by atoms with van der Waals surface area (Å²) in [4.78, 5) is 38.0. The van der Waals surface area contributed by atoms with Gasteiger partial charge in [0.2, 0.25) is 0 Å². The number of rotatable bonds is 53. The van der Waals surface area contributed by atoms with Crippen molar-refractivity contribution in [1.29, 1.82) is 0 Å². The monoisotopic (exact) mass is 1060 g/mol. The third-order valence-corrected chi connectivity index (χ3v) is 12.2. The minimum atomic E-state index is -0.816. The second kappa shape index (κ2) is 63.3. The first kappa shape index (κ1) is 71.8. The lowest BCUT2D eigenvalue weighted by molar-refractivity contribution is -0.167. The van der Waals surface area contributed by atoms with Crippen molar-refractivity contribution in [3.05, 3.63) is 170 Å². The highest BCUT2D eigenvalue weighted by Gasteiger charge is 2.19. The molecule has 0 rings (SSSR count). The minimum Gasteiger partial charge on any atom is -0.462 e. The molecule has 0 aliphatic carbocycles. The number of carbonyl (C=O) groups excluding carboxylic acids is 3. The Labute approximate surface area is 472 Å². The molecular formula is C71H110O6. The van der Waals surface area contributed by atoms with Crippen molar-refractivity contribution in [3.8, 4) is 0 Å². The van der Waals surface area contributed by atoms with Gasteiger partial charge in [-0.2, -0.15) is 0 Å². The van der Waals surface area contributed by atoms with Crippen molar-refractivity contribution >= 4 is 17.9 Å². The van der Waals surface area contributed by atoms with E-state index < -0.39 is 6.10 Å². The standard InChI is InChI=1S/C71H110O6/c1-4-7-10-13-16-19-21-23-25-26-27-28-29-30-31-32-33-34-35-36-37-38-39-40-41-42-43-44-46-47-49-52-55-58-61-64-70(73)76-67-68(66-75-69(72)63-60-57-54-51-18-15-12-9-6-3)77-71(74)65-62-59-56-53-50-48-45-24-22-20-17-14-11-8-5-2/h7-8,10-11,16-17,19-20,23-25,27-28,30-31,33-34,36-37,39-40,42-43,45-47,50,53,68H,4-6,9,12-15,18,21-22,26,29,32,35,38,41,44,48-49,51-52,54-67H2,1-3H3/b10-7-,11-8-,19-16-,20-17-,25-23-,28-27-,31-30-,34-33-,37-36-,40-39-,43-42-,45-24-,47-46-,53-50-. The summed E-state index contributed by atoms with van der Waals surface area (Å²) in [5, 5.41) is 0. The lowest BCUT2D eigenvalue weighted by Crippen LogP contribution is -2.30. The Morgan fingerprint density at radius 3 is 0.818 bits per heavy atom. The van der Waals surface area contributed by atoms with E-state index in [0.29, 0.717) is 19.3 Å². The average molecular weight is 1060 g/mol. The van der Waals surface area contributed by atoms with Gasteiger partial charge in [-0.25, -0.2) is 0 Å². The molecule has 0 spiro atoms. The molecule has 0 N–H and O–H groups in total. The van der Waals surface area contributed by atoms with E-state index in [0.717, 1.165) is 154 Å². The van der Waals surface area contributed by atoms with Crippen molar-refractivity contribution in [2.75, 3.05) is 13.2 Å². The molecule has 1 atom stereocenters. The van der Waals surface area contributed by atoms with Gasteiger partial charge in [-0.05, 0) is 135 Å². The summed E-state index contributed by atoms with van der Waals surface area (Å²) >= 11 is 0. The van der Waals surface area contributed by atoms with E-state index in [1.165, 1.54) is 38.5 Å². The Morgan fingerprint density at radius 2 is 0.506 bits per heavy atom. The smallest absolute Gasteiger partial charge is 0.306 e. The molecule has 0 aromatic heterocycles. The molecular weight excluding hydrogens is 949 g/mol. The maximum atomic E-state index is 12.8. The quantitative estimate of drug-likeness (QED) is 0.0261. The molecule has 0 aliphatic heterocycles. The number of carbonyl (C=O) groups is 3. The Kier molecular flexibility index (Phi) is 59.0. The van der Waals surface area contributed by atoms with E-state index in [9.17, 15) is 14.4 Å². The molecule has 0 saturated carbocycles. The van der Waals surface area contributed by atoms with Gasteiger partial charge in [-0.1, -0.05) is 255 Å². The van der Waals surface area contributed by atoms with E-state index in [2.05, 4.69) is 191 Å². The summed E-state index contributed by atoms with van der Waals surface area (Å²) in [6, 6.07) is 0. The molecule has 0 amide bonds. The van der Waals surface area contributed by atoms with Gasteiger partial charge in [0, 0.05) is 19.3 Å². The van der Waals surface area contributed by atoms with Crippen molar-refractivity contribution in [1.82, 2.24) is 0 Å². The summed E-state index contributed by atoms with van der Waals surface area (Å²) in [6.45, 7) is 6.31. The predicted molar refractivity (Wildman–Crippen MR) is 334 cm³/mol. The number of hydrogen-bond acceptors (Lipinski definition) is 6. The number of allylic oxidation sites excluding steroid dienone is 28. The van der Waals surface area contributed by atoms with Crippen LogP contribution >= 0.6 is 0 Å². The zero-order valence-corrected chi connectivity index (χ0v) is 49.1. The molecule has 77 heavy (non-hydrogen) atoms. The fourth-order valence-electron chi connectivity index (χ4n) is 7.69. The normalized spacial score (nSPS) is 13.3. The van der Waals surface area contributed by atoms with E-state index >= 15 is 0 Å². The first-order chi connectivity index (χ1) is 38.0. The lowest BCUT2D eigenvalue weighted by atomic mass is 10.1. The largest absolute Gasteiger partial charge is 0.462 e. The van der Waals surface area contributed by atoms with Crippen LogP contribution in [0.3, 0.4) is 0 Å². The Balaban J connectivity index is 4.30. The molecule has 0 aromatic carbocycles. The summed E-state index contributed by atoms with van der Waals surface area (Å²) < 4.78 is 16.8. The van der Waals surface area contributed by atoms with Crippen LogP contribution in [-0.2, 0) is 28.6 Å². The van der Waals surface area contributed by atoms with Crippen molar-refractivity contribution < 1.29 is 28.6 Å². The molecule has 0 fully saturated rings. The van der Waals surface area contributed by atoms with Gasteiger partial charge in [0.1, 0.15) is 13.2 Å². The van der Waals surface area contributed by atoms with Crippen molar-refractivity contribution in [2.24, 2.45) is 0 Å². The van der Waals surface area contributed by atoms with E-state index in [1.54, 1.807) is 0 Å². The van der Waals surface area contributed by atoms with Gasteiger partial charge in [-0.15, -0.1) is 0 Å². The van der Waals surface area contributed by atoms with Crippen molar-refractivity contribution in [2.45, 2.75) is 245 Å². The molecule has 430 valence electrons. The molecule has 0 saturated heterocycles. The van der Waals surface area contributed by atoms with Crippen LogP contribution in [0.25, 0.3) is 0 Å².